The summed E-state index contributed by atoms with van der Waals surface area (Å²) in [5.74, 6) is 6.89. The van der Waals surface area contributed by atoms with Crippen LogP contribution in [0.2, 0.25) is 0 Å². The zero-order chi connectivity index (χ0) is 37.0. The summed E-state index contributed by atoms with van der Waals surface area (Å²) in [7, 11) is 0. The Bertz CT molecular complexity index is 2210. The van der Waals surface area contributed by atoms with Gasteiger partial charge in [-0.1, -0.05) is 107 Å². The minimum Gasteiger partial charge on any atom is -0.208 e. The normalized spacial score (nSPS) is 30.5. The molecule has 4 aromatic carbocycles. The Labute approximate surface area is 322 Å². The Kier molecular flexibility index (Phi) is 9.20. The molecule has 5 aromatic rings. The SMILES string of the molecule is CC[C@@H]1C[C@@H]2C[C@H](C)CC(c3ccc(-c4nc(-c5cccc(C67C[C@@H](C)C[C@@H](C[C@@H](CC)C6)C7)c5)nc(-c5ccc(C#N)c6ccccc56)n4)cc3)(C1)C2. The maximum absolute atomic E-state index is 9.95. The molecule has 54 heavy (non-hydrogen) atoms. The van der Waals surface area contributed by atoms with Crippen LogP contribution in [-0.2, 0) is 10.8 Å². The number of hydrogen-bond donors (Lipinski definition) is 0. The van der Waals surface area contributed by atoms with Crippen molar-refractivity contribution in [1.82, 2.24) is 15.0 Å². The van der Waals surface area contributed by atoms with Gasteiger partial charge in [-0.2, -0.15) is 5.26 Å². The molecule has 4 nitrogen and oxygen atoms in total. The first-order chi connectivity index (χ1) is 26.3. The van der Waals surface area contributed by atoms with E-state index < -0.39 is 0 Å². The van der Waals surface area contributed by atoms with Crippen LogP contribution in [0.15, 0.2) is 84.9 Å². The molecule has 9 rings (SSSR count). The molecule has 0 N–H and O–H groups in total. The summed E-state index contributed by atoms with van der Waals surface area (Å²) in [5.41, 5.74) is 7.14. The quantitative estimate of drug-likeness (QED) is 0.168. The first kappa shape index (κ1) is 35.3. The Morgan fingerprint density at radius 1 is 0.574 bits per heavy atom. The molecular formula is C50H56N4. The van der Waals surface area contributed by atoms with Crippen molar-refractivity contribution in [3.8, 4) is 40.2 Å². The fraction of sp³-hybridized carbons (Fsp3) is 0.480. The maximum atomic E-state index is 9.95. The fourth-order valence-corrected chi connectivity index (χ4v) is 12.6. The van der Waals surface area contributed by atoms with Crippen LogP contribution in [0.1, 0.15) is 121 Å². The summed E-state index contributed by atoms with van der Waals surface area (Å²) in [4.78, 5) is 15.8. The van der Waals surface area contributed by atoms with E-state index in [1.165, 1.54) is 88.2 Å². The Hall–Kier alpha value is -4.36. The van der Waals surface area contributed by atoms with Crippen LogP contribution in [0.5, 0.6) is 0 Å². The molecule has 0 saturated heterocycles. The Morgan fingerprint density at radius 2 is 1.17 bits per heavy atom. The second kappa shape index (κ2) is 14.1. The number of fused-ring (bicyclic) bond motifs is 5. The lowest BCUT2D eigenvalue weighted by molar-refractivity contribution is 0.0701. The van der Waals surface area contributed by atoms with E-state index in [1.807, 2.05) is 30.3 Å². The van der Waals surface area contributed by atoms with Crippen molar-refractivity contribution in [3.05, 3.63) is 102 Å². The van der Waals surface area contributed by atoms with Gasteiger partial charge < -0.3 is 0 Å². The van der Waals surface area contributed by atoms with Gasteiger partial charge in [0.2, 0.25) is 0 Å². The first-order valence-electron chi connectivity index (χ1n) is 21.2. The highest BCUT2D eigenvalue weighted by molar-refractivity contribution is 5.98. The molecule has 1 heterocycles. The van der Waals surface area contributed by atoms with Gasteiger partial charge >= 0.3 is 0 Å². The predicted molar refractivity (Wildman–Crippen MR) is 221 cm³/mol. The average Bonchev–Trinajstić information content (AvgIpc) is 3.19. The van der Waals surface area contributed by atoms with Crippen LogP contribution < -0.4 is 0 Å². The molecule has 0 spiro atoms. The van der Waals surface area contributed by atoms with Gasteiger partial charge in [0.1, 0.15) is 0 Å². The van der Waals surface area contributed by atoms with Crippen molar-refractivity contribution in [2.45, 2.75) is 116 Å². The van der Waals surface area contributed by atoms with Gasteiger partial charge in [-0.3, -0.25) is 0 Å². The summed E-state index contributed by atoms with van der Waals surface area (Å²) < 4.78 is 0. The van der Waals surface area contributed by atoms with E-state index in [9.17, 15) is 5.26 Å². The van der Waals surface area contributed by atoms with Crippen molar-refractivity contribution in [1.29, 1.82) is 5.26 Å². The number of rotatable bonds is 7. The smallest absolute Gasteiger partial charge is 0.164 e. The van der Waals surface area contributed by atoms with E-state index in [0.717, 1.165) is 68.8 Å². The van der Waals surface area contributed by atoms with Gasteiger partial charge in [0.15, 0.2) is 17.5 Å². The predicted octanol–water partition coefficient (Wildman–Crippen LogP) is 12.9. The molecule has 0 amide bonds. The van der Waals surface area contributed by atoms with Crippen LogP contribution in [0.25, 0.3) is 44.9 Å². The van der Waals surface area contributed by atoms with Crippen LogP contribution in [-0.4, -0.2) is 15.0 Å². The average molecular weight is 713 g/mol. The highest BCUT2D eigenvalue weighted by Crippen LogP contribution is 2.56. The Balaban J connectivity index is 1.16. The lowest BCUT2D eigenvalue weighted by Gasteiger charge is -2.51. The highest BCUT2D eigenvalue weighted by Gasteiger charge is 2.47. The standard InChI is InChI=1S/C50H56N4/c1-5-34-22-36-20-32(3)25-49(27-34,29-36)41-17-14-38(15-18-41)46-52-47(54-48(53-46)45-19-16-40(31-51)43-12-7-8-13-44(43)45)39-10-9-11-42(24-39)50-26-33(4)21-37(30-50)23-35(6-2)28-50/h7-19,24,32-37H,5-6,20-23,25-30H2,1-4H3/t32-,33-,34+,35+,36-,37-,49?,50?/m0/s1. The van der Waals surface area contributed by atoms with Crippen molar-refractivity contribution in [3.63, 3.8) is 0 Å². The number of hydrogen-bond acceptors (Lipinski definition) is 4. The molecule has 8 atom stereocenters. The van der Waals surface area contributed by atoms with Crippen molar-refractivity contribution in [2.24, 2.45) is 35.5 Å². The van der Waals surface area contributed by atoms with E-state index in [0.29, 0.717) is 17.2 Å². The van der Waals surface area contributed by atoms with E-state index >= 15 is 0 Å². The third-order valence-corrected chi connectivity index (χ3v) is 14.6. The molecule has 4 saturated carbocycles. The van der Waals surface area contributed by atoms with Gasteiger partial charge in [-0.25, -0.2) is 15.0 Å². The zero-order valence-electron chi connectivity index (χ0n) is 32.8. The molecule has 4 aliphatic rings. The van der Waals surface area contributed by atoms with Gasteiger partial charge in [0.25, 0.3) is 0 Å². The summed E-state index contributed by atoms with van der Waals surface area (Å²) in [6, 6.07) is 33.1. The van der Waals surface area contributed by atoms with E-state index in [-0.39, 0.29) is 10.8 Å². The number of aromatic nitrogens is 3. The van der Waals surface area contributed by atoms with Gasteiger partial charge in [0, 0.05) is 22.1 Å². The van der Waals surface area contributed by atoms with Gasteiger partial charge in [0.05, 0.1) is 11.6 Å². The molecule has 2 unspecified atom stereocenters. The molecule has 0 radical (unpaired) electrons. The van der Waals surface area contributed by atoms with Crippen LogP contribution in [0.4, 0.5) is 0 Å². The first-order valence-corrected chi connectivity index (χ1v) is 21.2. The molecule has 276 valence electrons. The van der Waals surface area contributed by atoms with E-state index in [2.05, 4.69) is 88.4 Å². The molecule has 0 aliphatic heterocycles. The van der Waals surface area contributed by atoms with Crippen LogP contribution in [0.3, 0.4) is 0 Å². The molecule has 4 bridgehead atoms. The van der Waals surface area contributed by atoms with Crippen LogP contribution in [0, 0.1) is 46.8 Å². The van der Waals surface area contributed by atoms with Gasteiger partial charge in [-0.05, 0) is 145 Å². The van der Waals surface area contributed by atoms with Crippen molar-refractivity contribution in [2.75, 3.05) is 0 Å². The summed E-state index contributed by atoms with van der Waals surface area (Å²) in [6.45, 7) is 9.71. The molecule has 4 fully saturated rings. The summed E-state index contributed by atoms with van der Waals surface area (Å²) in [5, 5.41) is 11.9. The maximum Gasteiger partial charge on any atom is 0.164 e. The lowest BCUT2D eigenvalue weighted by atomic mass is 9.54. The zero-order valence-corrected chi connectivity index (χ0v) is 32.8. The van der Waals surface area contributed by atoms with Crippen molar-refractivity contribution >= 4 is 10.8 Å². The minimum atomic E-state index is 0.222. The minimum absolute atomic E-state index is 0.222. The number of benzene rings is 4. The second-order valence-corrected chi connectivity index (χ2v) is 18.5. The lowest BCUT2D eigenvalue weighted by Crippen LogP contribution is -2.42. The largest absolute Gasteiger partial charge is 0.208 e. The Morgan fingerprint density at radius 3 is 1.80 bits per heavy atom. The summed E-state index contributed by atoms with van der Waals surface area (Å²) >= 11 is 0. The van der Waals surface area contributed by atoms with E-state index in [4.69, 9.17) is 15.0 Å². The topological polar surface area (TPSA) is 62.5 Å². The van der Waals surface area contributed by atoms with Gasteiger partial charge in [-0.15, -0.1) is 0 Å². The fourth-order valence-electron chi connectivity index (χ4n) is 12.6. The second-order valence-electron chi connectivity index (χ2n) is 18.5. The molecule has 4 aliphatic carbocycles. The van der Waals surface area contributed by atoms with Crippen LogP contribution >= 0.6 is 0 Å². The van der Waals surface area contributed by atoms with Crippen molar-refractivity contribution < 1.29 is 0 Å². The molecule has 1 aromatic heterocycles. The highest BCUT2D eigenvalue weighted by atomic mass is 15.0. The van der Waals surface area contributed by atoms with E-state index in [1.54, 1.807) is 0 Å². The number of nitrogens with zero attached hydrogens (tertiary/aromatic N) is 4. The third-order valence-electron chi connectivity index (χ3n) is 14.6. The molecular weight excluding hydrogens is 657 g/mol. The third kappa shape index (κ3) is 6.36. The molecule has 4 heteroatoms. The monoisotopic (exact) mass is 712 g/mol. The summed E-state index contributed by atoms with van der Waals surface area (Å²) in [6.07, 6.45) is 15.9. The number of nitriles is 1.